The molecular formula is C98H70N4. The lowest BCUT2D eigenvalue weighted by atomic mass is 9.98. The fourth-order valence-electron chi connectivity index (χ4n) is 15.1. The predicted molar refractivity (Wildman–Crippen MR) is 440 cm³/mol. The van der Waals surface area contributed by atoms with E-state index < -0.39 is 0 Å². The first-order valence-corrected chi connectivity index (χ1v) is 35.0. The van der Waals surface area contributed by atoms with E-state index in [0.717, 1.165) is 45.5 Å². The highest BCUT2D eigenvalue weighted by Crippen LogP contribution is 2.45. The maximum atomic E-state index is 2.41. The fraction of sp³-hybridized carbons (Fsp3) is 0.0204. The second kappa shape index (κ2) is 26.2. The zero-order valence-electron chi connectivity index (χ0n) is 56.7. The van der Waals surface area contributed by atoms with Gasteiger partial charge in [0.25, 0.3) is 0 Å². The zero-order valence-corrected chi connectivity index (χ0v) is 56.7. The van der Waals surface area contributed by atoms with E-state index in [-0.39, 0.29) is 0 Å². The number of hydrogen-bond donors (Lipinski definition) is 0. The molecule has 482 valence electrons. The highest BCUT2D eigenvalue weighted by atomic mass is 15.2. The molecule has 0 aromatic heterocycles. The topological polar surface area (TPSA) is 13.0 Å². The van der Waals surface area contributed by atoms with Gasteiger partial charge in [-0.1, -0.05) is 267 Å². The number of anilines is 10. The second-order valence-corrected chi connectivity index (χ2v) is 26.6. The van der Waals surface area contributed by atoms with Gasteiger partial charge in [-0.15, -0.1) is 0 Å². The minimum absolute atomic E-state index is 1.12. The molecule has 102 heavy (non-hydrogen) atoms. The normalized spacial score (nSPS) is 11.4. The van der Waals surface area contributed by atoms with E-state index in [0.29, 0.717) is 0 Å². The van der Waals surface area contributed by atoms with Gasteiger partial charge in [-0.05, 0) is 230 Å². The summed E-state index contributed by atoms with van der Waals surface area (Å²) in [7, 11) is 4.30. The highest BCUT2D eigenvalue weighted by molar-refractivity contribution is 6.16. The zero-order chi connectivity index (χ0) is 68.0. The molecule has 0 unspecified atom stereocenters. The van der Waals surface area contributed by atoms with Gasteiger partial charge in [-0.2, -0.15) is 0 Å². The van der Waals surface area contributed by atoms with Crippen molar-refractivity contribution in [2.75, 3.05) is 33.7 Å². The largest absolute Gasteiger partial charge is 0.345 e. The molecule has 19 aromatic carbocycles. The van der Waals surface area contributed by atoms with Gasteiger partial charge in [0.05, 0.1) is 5.69 Å². The summed E-state index contributed by atoms with van der Waals surface area (Å²) in [5.41, 5.74) is 16.2. The Bertz CT molecular complexity index is 6280. The molecule has 0 amide bonds. The molecule has 0 aliphatic heterocycles. The van der Waals surface area contributed by atoms with Gasteiger partial charge in [0, 0.05) is 76.1 Å². The molecule has 4 heteroatoms. The van der Waals surface area contributed by atoms with E-state index in [9.17, 15) is 0 Å². The Hall–Kier alpha value is -13.3. The Kier molecular flexibility index (Phi) is 15.7. The van der Waals surface area contributed by atoms with Crippen LogP contribution in [0.3, 0.4) is 0 Å². The molecule has 0 aliphatic carbocycles. The Balaban J connectivity index is 0.000000147. The van der Waals surface area contributed by atoms with Gasteiger partial charge in [0.1, 0.15) is 0 Å². The molecule has 0 radical (unpaired) electrons. The standard InChI is InChI=1S/C51H36N2.C47H34N2/c1-52(46-28-23-41-30-38-11-4-5-12-39(38)31-43(41)33-46)44-24-18-36(19-25-44)37-20-26-45(27-21-37)53(47-29-22-35-10-2-3-13-40(35)32-47)51-34-42-14-6-7-15-48(42)49-16-8-9-17-50(49)51;1-48(47-32-39-14-6-7-15-44(39)45-16-8-9-17-46(45)47)40-24-18-35(19-25-40)36-20-26-41(27-21-36)49(42-28-22-33-10-2-4-12-37(33)30-42)43-29-23-34-11-3-5-13-38(34)31-43/h2-34H,1H3;2-32H,1H3. The maximum Gasteiger partial charge on any atom is 0.0546 e. The smallest absolute Gasteiger partial charge is 0.0546 e. The van der Waals surface area contributed by atoms with Crippen molar-refractivity contribution in [2.24, 2.45) is 0 Å². The number of hydrogen-bond acceptors (Lipinski definition) is 4. The second-order valence-electron chi connectivity index (χ2n) is 26.6. The Morgan fingerprint density at radius 1 is 0.147 bits per heavy atom. The third kappa shape index (κ3) is 11.6. The highest BCUT2D eigenvalue weighted by Gasteiger charge is 2.20. The maximum absolute atomic E-state index is 2.41. The summed E-state index contributed by atoms with van der Waals surface area (Å²) in [5, 5.41) is 22.5. The average Bonchev–Trinajstić information content (AvgIpc) is 0.761. The minimum Gasteiger partial charge on any atom is -0.345 e. The molecule has 0 N–H and O–H groups in total. The van der Waals surface area contributed by atoms with Crippen molar-refractivity contribution in [3.63, 3.8) is 0 Å². The molecule has 0 fully saturated rings. The van der Waals surface area contributed by atoms with Crippen LogP contribution in [0.25, 0.3) is 119 Å². The molecule has 0 saturated carbocycles. The summed E-state index contributed by atoms with van der Waals surface area (Å²) in [6, 6.07) is 141. The van der Waals surface area contributed by atoms with E-state index in [1.54, 1.807) is 0 Å². The summed E-state index contributed by atoms with van der Waals surface area (Å²) in [6.07, 6.45) is 0. The Labute approximate surface area is 594 Å². The van der Waals surface area contributed by atoms with Crippen molar-refractivity contribution in [3.05, 3.63) is 388 Å². The monoisotopic (exact) mass is 1300 g/mol. The van der Waals surface area contributed by atoms with Crippen LogP contribution in [0, 0.1) is 0 Å². The molecular weight excluding hydrogens is 1230 g/mol. The van der Waals surface area contributed by atoms with E-state index >= 15 is 0 Å². The molecule has 0 spiro atoms. The van der Waals surface area contributed by atoms with Crippen LogP contribution in [-0.2, 0) is 0 Å². The van der Waals surface area contributed by atoms with Crippen LogP contribution in [-0.4, -0.2) is 14.1 Å². The van der Waals surface area contributed by atoms with E-state index in [1.807, 2.05) is 0 Å². The van der Waals surface area contributed by atoms with E-state index in [1.165, 1.54) is 131 Å². The third-order valence-corrected chi connectivity index (χ3v) is 20.6. The van der Waals surface area contributed by atoms with Gasteiger partial charge in [-0.3, -0.25) is 0 Å². The lowest BCUT2D eigenvalue weighted by Gasteiger charge is -2.28. The van der Waals surface area contributed by atoms with Gasteiger partial charge < -0.3 is 19.6 Å². The molecule has 0 saturated heterocycles. The van der Waals surface area contributed by atoms with Crippen LogP contribution >= 0.6 is 0 Å². The van der Waals surface area contributed by atoms with E-state index in [2.05, 4.69) is 422 Å². The van der Waals surface area contributed by atoms with Crippen molar-refractivity contribution >= 4 is 154 Å². The third-order valence-electron chi connectivity index (χ3n) is 20.6. The molecule has 4 nitrogen and oxygen atoms in total. The van der Waals surface area contributed by atoms with Crippen LogP contribution < -0.4 is 19.6 Å². The summed E-state index contributed by atoms with van der Waals surface area (Å²) in [5.74, 6) is 0. The Morgan fingerprint density at radius 3 is 0.853 bits per heavy atom. The first-order valence-electron chi connectivity index (χ1n) is 35.0. The quantitative estimate of drug-likeness (QED) is 0.0893. The van der Waals surface area contributed by atoms with Gasteiger partial charge in [0.2, 0.25) is 0 Å². The number of benzene rings is 19. The van der Waals surface area contributed by atoms with Gasteiger partial charge >= 0.3 is 0 Å². The molecule has 19 aromatic rings. The van der Waals surface area contributed by atoms with Gasteiger partial charge in [0.15, 0.2) is 0 Å². The van der Waals surface area contributed by atoms with Crippen LogP contribution in [0.1, 0.15) is 0 Å². The summed E-state index contributed by atoms with van der Waals surface area (Å²) in [4.78, 5) is 9.33. The number of rotatable bonds is 12. The SMILES string of the molecule is CN(c1ccc(-c2ccc(N(c3ccc4ccccc4c3)c3cc4ccccc4c4ccccc34)cc2)cc1)c1ccc2cc3ccccc3cc2c1.CN(c1ccc(-c2ccc(N(c3ccc4ccccc4c3)c3ccc4ccccc4c3)cc2)cc1)c1cc2ccccc2c2ccccc12. The molecule has 0 aliphatic rings. The molecule has 0 heterocycles. The summed E-state index contributed by atoms with van der Waals surface area (Å²) in [6.45, 7) is 0. The van der Waals surface area contributed by atoms with Crippen molar-refractivity contribution in [3.8, 4) is 22.3 Å². The predicted octanol–water partition coefficient (Wildman–Crippen LogP) is 27.6. The molecule has 19 rings (SSSR count). The van der Waals surface area contributed by atoms with Crippen LogP contribution in [0.15, 0.2) is 388 Å². The number of nitrogens with zero attached hydrogens (tertiary/aromatic N) is 4. The Morgan fingerprint density at radius 2 is 0.412 bits per heavy atom. The number of fused-ring (bicyclic) bond motifs is 11. The first kappa shape index (κ1) is 61.1. The van der Waals surface area contributed by atoms with Crippen LogP contribution in [0.5, 0.6) is 0 Å². The van der Waals surface area contributed by atoms with Crippen molar-refractivity contribution in [1.29, 1.82) is 0 Å². The van der Waals surface area contributed by atoms with Crippen molar-refractivity contribution in [2.45, 2.75) is 0 Å². The summed E-state index contributed by atoms with van der Waals surface area (Å²) < 4.78 is 0. The van der Waals surface area contributed by atoms with Crippen molar-refractivity contribution in [1.82, 2.24) is 0 Å². The van der Waals surface area contributed by atoms with Gasteiger partial charge in [-0.25, -0.2) is 0 Å². The lowest BCUT2D eigenvalue weighted by molar-refractivity contribution is 1.21. The van der Waals surface area contributed by atoms with Crippen LogP contribution in [0.2, 0.25) is 0 Å². The minimum atomic E-state index is 1.12. The molecule has 0 atom stereocenters. The fourth-order valence-corrected chi connectivity index (χ4v) is 15.1. The summed E-state index contributed by atoms with van der Waals surface area (Å²) >= 11 is 0. The first-order chi connectivity index (χ1) is 50.3. The average molecular weight is 1300 g/mol. The van der Waals surface area contributed by atoms with Crippen LogP contribution in [0.4, 0.5) is 56.9 Å². The van der Waals surface area contributed by atoms with Crippen molar-refractivity contribution < 1.29 is 0 Å². The van der Waals surface area contributed by atoms with E-state index in [4.69, 9.17) is 0 Å². The molecule has 0 bridgehead atoms. The lowest BCUT2D eigenvalue weighted by Crippen LogP contribution is -2.10.